The number of benzene rings is 1. The molecule has 0 amide bonds. The van der Waals surface area contributed by atoms with Crippen LogP contribution in [0.4, 0.5) is 0 Å². The summed E-state index contributed by atoms with van der Waals surface area (Å²) in [6.07, 6.45) is 1.72. The van der Waals surface area contributed by atoms with E-state index in [0.717, 1.165) is 4.88 Å². The smallest absolute Gasteiger partial charge is 0.308 e. The molecule has 10 heteroatoms. The van der Waals surface area contributed by atoms with Crippen molar-refractivity contribution in [2.24, 2.45) is 0 Å². The predicted molar refractivity (Wildman–Crippen MR) is 111 cm³/mol. The zero-order valence-corrected chi connectivity index (χ0v) is 17.9. The number of hydrogen-bond acceptors (Lipinski definition) is 8. The number of halogens is 1. The number of thiazole rings is 1. The standard InChI is InChI=1S/C18H12BrN3O4S2/c1-9(23)26-15-11(19)6-10(7-12(15)25-2)8-14-17(24)22-18(28-14)20-16(21-22)13-4-3-5-27-13/h3-8H,1-2H3. The number of fused-ring (bicyclic) bond motifs is 1. The van der Waals surface area contributed by atoms with E-state index in [2.05, 4.69) is 26.0 Å². The van der Waals surface area contributed by atoms with Gasteiger partial charge in [0.15, 0.2) is 17.3 Å². The van der Waals surface area contributed by atoms with Crippen LogP contribution in [0.3, 0.4) is 0 Å². The van der Waals surface area contributed by atoms with Crippen molar-refractivity contribution in [3.63, 3.8) is 0 Å². The van der Waals surface area contributed by atoms with Crippen molar-refractivity contribution >= 4 is 55.6 Å². The first-order chi connectivity index (χ1) is 13.5. The SMILES string of the molecule is COc1cc(C=c2sc3nc(-c4cccs4)nn3c2=O)cc(Br)c1OC(C)=O. The zero-order valence-electron chi connectivity index (χ0n) is 14.6. The third-order valence-electron chi connectivity index (χ3n) is 3.72. The number of carbonyl (C=O) groups excluding carboxylic acids is 1. The second-order valence-corrected chi connectivity index (χ2v) is 8.46. The summed E-state index contributed by atoms with van der Waals surface area (Å²) >= 11 is 6.15. The molecule has 7 nitrogen and oxygen atoms in total. The average Bonchev–Trinajstić information content (AvgIpc) is 3.36. The molecule has 0 saturated heterocycles. The minimum atomic E-state index is -0.454. The fourth-order valence-corrected chi connectivity index (χ4v) is 4.66. The Morgan fingerprint density at radius 3 is 2.82 bits per heavy atom. The first-order valence-electron chi connectivity index (χ1n) is 7.97. The van der Waals surface area contributed by atoms with Gasteiger partial charge in [0, 0.05) is 6.92 Å². The van der Waals surface area contributed by atoms with E-state index in [-0.39, 0.29) is 11.3 Å². The van der Waals surface area contributed by atoms with E-state index >= 15 is 0 Å². The van der Waals surface area contributed by atoms with Crippen LogP contribution in [-0.4, -0.2) is 27.7 Å². The van der Waals surface area contributed by atoms with Crippen LogP contribution in [0.2, 0.25) is 0 Å². The molecule has 142 valence electrons. The summed E-state index contributed by atoms with van der Waals surface area (Å²) in [5, 5.41) is 6.25. The number of methoxy groups -OCH3 is 1. The Hall–Kier alpha value is -2.56. The molecule has 28 heavy (non-hydrogen) atoms. The van der Waals surface area contributed by atoms with Gasteiger partial charge in [-0.05, 0) is 51.1 Å². The highest BCUT2D eigenvalue weighted by Crippen LogP contribution is 2.37. The van der Waals surface area contributed by atoms with E-state index in [1.54, 1.807) is 18.2 Å². The van der Waals surface area contributed by atoms with Crippen molar-refractivity contribution < 1.29 is 14.3 Å². The van der Waals surface area contributed by atoms with Gasteiger partial charge in [0.2, 0.25) is 4.96 Å². The molecule has 4 rings (SSSR count). The lowest BCUT2D eigenvalue weighted by Gasteiger charge is -2.10. The van der Waals surface area contributed by atoms with Crippen LogP contribution in [0.15, 0.2) is 38.9 Å². The Balaban J connectivity index is 1.78. The van der Waals surface area contributed by atoms with Crippen molar-refractivity contribution in [3.8, 4) is 22.2 Å². The number of esters is 1. The molecule has 3 heterocycles. The van der Waals surface area contributed by atoms with Gasteiger partial charge in [-0.3, -0.25) is 9.59 Å². The molecular formula is C18H12BrN3O4S2. The normalized spacial score (nSPS) is 11.9. The number of rotatable bonds is 4. The largest absolute Gasteiger partial charge is 0.493 e. The molecule has 0 fully saturated rings. The van der Waals surface area contributed by atoms with Gasteiger partial charge in [-0.1, -0.05) is 17.4 Å². The molecule has 0 aliphatic rings. The average molecular weight is 478 g/mol. The van der Waals surface area contributed by atoms with Crippen LogP contribution in [0, 0.1) is 0 Å². The summed E-state index contributed by atoms with van der Waals surface area (Å²) < 4.78 is 12.8. The molecule has 0 bridgehead atoms. The Labute approximate surface area is 175 Å². The predicted octanol–water partition coefficient (Wildman–Crippen LogP) is 3.12. The lowest BCUT2D eigenvalue weighted by Crippen LogP contribution is -2.23. The van der Waals surface area contributed by atoms with Crippen molar-refractivity contribution in [3.05, 3.63) is 54.6 Å². The topological polar surface area (TPSA) is 82.8 Å². The summed E-state index contributed by atoms with van der Waals surface area (Å²) in [5.41, 5.74) is 0.467. The number of ether oxygens (including phenoxy) is 2. The van der Waals surface area contributed by atoms with Gasteiger partial charge in [-0.25, -0.2) is 0 Å². The summed E-state index contributed by atoms with van der Waals surface area (Å²) in [4.78, 5) is 29.9. The molecule has 0 unspecified atom stereocenters. The molecule has 4 aromatic rings. The van der Waals surface area contributed by atoms with Crippen molar-refractivity contribution in [2.75, 3.05) is 7.11 Å². The van der Waals surface area contributed by atoms with Gasteiger partial charge in [-0.2, -0.15) is 9.50 Å². The van der Waals surface area contributed by atoms with Gasteiger partial charge in [-0.15, -0.1) is 16.4 Å². The van der Waals surface area contributed by atoms with E-state index in [0.29, 0.717) is 31.1 Å². The Kier molecular flexibility index (Phi) is 5.00. The highest BCUT2D eigenvalue weighted by atomic mass is 79.9. The van der Waals surface area contributed by atoms with E-state index in [1.807, 2.05) is 17.5 Å². The number of hydrogen-bond donors (Lipinski definition) is 0. The molecule has 0 spiro atoms. The molecule has 0 aliphatic heterocycles. The van der Waals surface area contributed by atoms with Crippen LogP contribution in [0.5, 0.6) is 11.5 Å². The lowest BCUT2D eigenvalue weighted by molar-refractivity contribution is -0.132. The highest BCUT2D eigenvalue weighted by molar-refractivity contribution is 9.10. The third-order valence-corrected chi connectivity index (χ3v) is 6.13. The van der Waals surface area contributed by atoms with Gasteiger partial charge in [0.05, 0.1) is 21.0 Å². The van der Waals surface area contributed by atoms with Crippen LogP contribution in [0.25, 0.3) is 21.7 Å². The van der Waals surface area contributed by atoms with Gasteiger partial charge in [0.1, 0.15) is 0 Å². The summed E-state index contributed by atoms with van der Waals surface area (Å²) in [5.74, 6) is 0.755. The summed E-state index contributed by atoms with van der Waals surface area (Å²) in [7, 11) is 1.48. The molecular weight excluding hydrogens is 466 g/mol. The number of aromatic nitrogens is 3. The van der Waals surface area contributed by atoms with Gasteiger partial charge >= 0.3 is 5.97 Å². The molecule has 0 aliphatic carbocycles. The highest BCUT2D eigenvalue weighted by Gasteiger charge is 2.15. The number of thiophene rings is 1. The molecule has 0 saturated carbocycles. The summed E-state index contributed by atoms with van der Waals surface area (Å²) in [6.45, 7) is 1.31. The minimum absolute atomic E-state index is 0.241. The first-order valence-corrected chi connectivity index (χ1v) is 10.5. The van der Waals surface area contributed by atoms with Crippen molar-refractivity contribution in [1.82, 2.24) is 14.6 Å². The van der Waals surface area contributed by atoms with Crippen LogP contribution in [-0.2, 0) is 4.79 Å². The van der Waals surface area contributed by atoms with Gasteiger partial charge in [0.25, 0.3) is 5.56 Å². The maximum Gasteiger partial charge on any atom is 0.308 e. The van der Waals surface area contributed by atoms with E-state index in [9.17, 15) is 9.59 Å². The zero-order chi connectivity index (χ0) is 19.8. The monoisotopic (exact) mass is 477 g/mol. The maximum atomic E-state index is 12.7. The fraction of sp³-hybridized carbons (Fsp3) is 0.111. The maximum absolute atomic E-state index is 12.7. The number of nitrogens with zero attached hydrogens (tertiary/aromatic N) is 3. The molecule has 3 aromatic heterocycles. The lowest BCUT2D eigenvalue weighted by atomic mass is 10.2. The van der Waals surface area contributed by atoms with E-state index < -0.39 is 5.97 Å². The van der Waals surface area contributed by atoms with Crippen LogP contribution < -0.4 is 19.6 Å². The Bertz CT molecular complexity index is 1290. The van der Waals surface area contributed by atoms with E-state index in [1.165, 1.54) is 41.2 Å². The fourth-order valence-electron chi connectivity index (χ4n) is 2.56. The second-order valence-electron chi connectivity index (χ2n) is 5.65. The first kappa shape index (κ1) is 18.8. The van der Waals surface area contributed by atoms with Crippen LogP contribution in [0.1, 0.15) is 12.5 Å². The molecule has 0 N–H and O–H groups in total. The Morgan fingerprint density at radius 2 is 2.18 bits per heavy atom. The third kappa shape index (κ3) is 3.46. The van der Waals surface area contributed by atoms with Gasteiger partial charge < -0.3 is 9.47 Å². The van der Waals surface area contributed by atoms with Crippen LogP contribution >= 0.6 is 38.6 Å². The second kappa shape index (κ2) is 7.46. The molecule has 0 atom stereocenters. The molecule has 0 radical (unpaired) electrons. The molecule has 1 aromatic carbocycles. The summed E-state index contributed by atoms with van der Waals surface area (Å²) in [6, 6.07) is 7.26. The van der Waals surface area contributed by atoms with Crippen molar-refractivity contribution in [1.29, 1.82) is 0 Å². The minimum Gasteiger partial charge on any atom is -0.493 e. The Morgan fingerprint density at radius 1 is 1.36 bits per heavy atom. The van der Waals surface area contributed by atoms with Crippen molar-refractivity contribution in [2.45, 2.75) is 6.92 Å². The quantitative estimate of drug-likeness (QED) is 0.331. The number of carbonyl (C=O) groups is 1. The van der Waals surface area contributed by atoms with E-state index in [4.69, 9.17) is 9.47 Å².